The Morgan fingerprint density at radius 3 is 2.29 bits per heavy atom. The third-order valence-corrected chi connectivity index (χ3v) is 3.77. The molecule has 0 amide bonds. The van der Waals surface area contributed by atoms with Gasteiger partial charge in [-0.15, -0.1) is 0 Å². The Morgan fingerprint density at radius 1 is 1.19 bits per heavy atom. The van der Waals surface area contributed by atoms with Crippen LogP contribution in [0.5, 0.6) is 5.88 Å². The topological polar surface area (TPSA) is 40.6 Å². The van der Waals surface area contributed by atoms with Crippen molar-refractivity contribution < 1.29 is 14.0 Å². The summed E-state index contributed by atoms with van der Waals surface area (Å²) in [5.74, 6) is 0.349. The van der Waals surface area contributed by atoms with E-state index in [1.54, 1.807) is 12.3 Å². The lowest BCUT2D eigenvalue weighted by molar-refractivity contribution is 0.00578. The minimum absolute atomic E-state index is 0.0729. The zero-order chi connectivity index (χ0) is 15.9. The predicted octanol–water partition coefficient (Wildman–Crippen LogP) is 0.339. The van der Waals surface area contributed by atoms with Crippen LogP contribution in [0.2, 0.25) is 5.11 Å². The molecular weight excluding hydrogens is 261 g/mol. The molecule has 1 aromatic rings. The van der Waals surface area contributed by atoms with Gasteiger partial charge in [-0.3, -0.25) is 0 Å². The first kappa shape index (κ1) is 16.5. The van der Waals surface area contributed by atoms with Crippen LogP contribution in [0.4, 0.5) is 0 Å². The van der Waals surface area contributed by atoms with Crippen LogP contribution < -0.4 is 10.2 Å². The summed E-state index contributed by atoms with van der Waals surface area (Å²) < 4.78 is 17.5. The van der Waals surface area contributed by atoms with E-state index in [0.29, 0.717) is 11.3 Å². The highest BCUT2D eigenvalue weighted by atomic mass is 16.7. The molecule has 6 radical (unpaired) electrons. The third kappa shape index (κ3) is 3.67. The minimum Gasteiger partial charge on any atom is -0.480 e. The van der Waals surface area contributed by atoms with Crippen molar-refractivity contribution in [1.82, 2.24) is 4.98 Å². The first-order valence-electron chi connectivity index (χ1n) is 6.82. The van der Waals surface area contributed by atoms with Crippen LogP contribution in [0, 0.1) is 0 Å². The van der Waals surface area contributed by atoms with Crippen molar-refractivity contribution in [3.8, 4) is 5.88 Å². The van der Waals surface area contributed by atoms with E-state index in [2.05, 4.69) is 4.98 Å². The van der Waals surface area contributed by atoms with E-state index < -0.39 is 23.4 Å². The quantitative estimate of drug-likeness (QED) is 0.745. The Labute approximate surface area is 130 Å². The van der Waals surface area contributed by atoms with Crippen LogP contribution in [0.3, 0.4) is 0 Å². The lowest BCUT2D eigenvalue weighted by Crippen LogP contribution is -2.41. The predicted molar refractivity (Wildman–Crippen MR) is 85.4 cm³/mol. The Hall–Kier alpha value is -0.870. The van der Waals surface area contributed by atoms with Crippen molar-refractivity contribution in [2.24, 2.45) is 0 Å². The minimum atomic E-state index is -1.43. The highest BCUT2D eigenvalue weighted by Crippen LogP contribution is 2.37. The van der Waals surface area contributed by atoms with Gasteiger partial charge in [0.05, 0.1) is 41.3 Å². The van der Waals surface area contributed by atoms with Crippen molar-refractivity contribution in [3.05, 3.63) is 18.3 Å². The fourth-order valence-corrected chi connectivity index (χ4v) is 1.87. The number of aromatic nitrogens is 1. The number of hydrogen-bond donors (Lipinski definition) is 0. The summed E-state index contributed by atoms with van der Waals surface area (Å²) in [6.45, 7) is 7.85. The average Bonchev–Trinajstić information content (AvgIpc) is 2.55. The number of ether oxygens (including phenoxy) is 1. The highest BCUT2D eigenvalue weighted by molar-refractivity contribution is 6.63. The number of hydrogen-bond acceptors (Lipinski definition) is 4. The van der Waals surface area contributed by atoms with Gasteiger partial charge in [-0.1, -0.05) is 11.2 Å². The molecule has 0 bridgehead atoms. The smallest absolute Gasteiger partial charge is 0.480 e. The van der Waals surface area contributed by atoms with E-state index in [4.69, 9.17) is 37.6 Å². The average molecular weight is 279 g/mol. The SMILES string of the molecule is [B]C([B])([B])COc1ncccc1B1OC(C)(C)C(C)(C)O1. The summed E-state index contributed by atoms with van der Waals surface area (Å²) in [7, 11) is 16.0. The van der Waals surface area contributed by atoms with Gasteiger partial charge < -0.3 is 14.0 Å². The van der Waals surface area contributed by atoms with Gasteiger partial charge in [0.25, 0.3) is 0 Å². The zero-order valence-electron chi connectivity index (χ0n) is 12.9. The highest BCUT2D eigenvalue weighted by Gasteiger charge is 2.52. The first-order chi connectivity index (χ1) is 9.52. The van der Waals surface area contributed by atoms with Crippen molar-refractivity contribution in [3.63, 3.8) is 0 Å². The van der Waals surface area contributed by atoms with Crippen LogP contribution in [-0.4, -0.2) is 53.5 Å². The Balaban J connectivity index is 2.22. The Morgan fingerprint density at radius 2 is 1.76 bits per heavy atom. The van der Waals surface area contributed by atoms with Crippen molar-refractivity contribution in [2.45, 2.75) is 44.0 Å². The van der Waals surface area contributed by atoms with E-state index in [0.717, 1.165) is 0 Å². The van der Waals surface area contributed by atoms with Crippen LogP contribution in [0.15, 0.2) is 18.3 Å². The van der Waals surface area contributed by atoms with E-state index in [1.165, 1.54) is 0 Å². The molecule has 0 spiro atoms. The summed E-state index contributed by atoms with van der Waals surface area (Å²) in [5, 5.41) is -1.43. The standard InChI is InChI=1S/C13H17B4NO3/c1-11(2)12(3,4)21-17(20-11)9-6-5-7-18-10(9)19-8-13(14,15)16/h5-7H,8H2,1-4H3. The molecule has 0 aliphatic carbocycles. The molecule has 104 valence electrons. The van der Waals surface area contributed by atoms with Gasteiger partial charge in [-0.2, -0.15) is 0 Å². The van der Waals surface area contributed by atoms with Gasteiger partial charge in [0, 0.05) is 11.7 Å². The monoisotopic (exact) mass is 279 g/mol. The van der Waals surface area contributed by atoms with Gasteiger partial charge in [0.15, 0.2) is 0 Å². The van der Waals surface area contributed by atoms with Crippen molar-refractivity contribution in [1.29, 1.82) is 0 Å². The zero-order valence-corrected chi connectivity index (χ0v) is 12.9. The molecule has 1 fully saturated rings. The van der Waals surface area contributed by atoms with Crippen molar-refractivity contribution in [2.75, 3.05) is 6.61 Å². The molecule has 0 unspecified atom stereocenters. The lowest BCUT2D eigenvalue weighted by atomic mass is 9.43. The summed E-state index contributed by atoms with van der Waals surface area (Å²) >= 11 is 0. The molecule has 0 saturated carbocycles. The van der Waals surface area contributed by atoms with Gasteiger partial charge in [-0.05, 0) is 33.8 Å². The molecule has 1 aromatic heterocycles. The molecule has 8 heteroatoms. The Kier molecular flexibility index (Phi) is 4.24. The summed E-state index contributed by atoms with van der Waals surface area (Å²) in [6.07, 6.45) is 1.61. The summed E-state index contributed by atoms with van der Waals surface area (Å²) in [6, 6.07) is 3.61. The summed E-state index contributed by atoms with van der Waals surface area (Å²) in [4.78, 5) is 4.17. The second-order valence-electron chi connectivity index (χ2n) is 6.39. The molecule has 1 aliphatic heterocycles. The fourth-order valence-electron chi connectivity index (χ4n) is 1.87. The van der Waals surface area contributed by atoms with E-state index in [-0.39, 0.29) is 6.61 Å². The van der Waals surface area contributed by atoms with Crippen LogP contribution in [-0.2, 0) is 9.31 Å². The molecule has 0 N–H and O–H groups in total. The molecular formula is C13H17B4NO3. The number of rotatable bonds is 4. The molecule has 0 atom stereocenters. The maximum absolute atomic E-state index is 5.99. The van der Waals surface area contributed by atoms with Gasteiger partial charge >= 0.3 is 7.12 Å². The van der Waals surface area contributed by atoms with E-state index >= 15 is 0 Å². The van der Waals surface area contributed by atoms with Gasteiger partial charge in [-0.25, -0.2) is 4.98 Å². The maximum Gasteiger partial charge on any atom is 0.500 e. The molecule has 1 saturated heterocycles. The van der Waals surface area contributed by atoms with Gasteiger partial charge in [0.1, 0.15) is 0 Å². The molecule has 1 aliphatic rings. The number of pyridine rings is 1. The fraction of sp³-hybridized carbons (Fsp3) is 0.615. The molecule has 2 rings (SSSR count). The third-order valence-electron chi connectivity index (χ3n) is 3.77. The van der Waals surface area contributed by atoms with Crippen LogP contribution in [0.25, 0.3) is 0 Å². The van der Waals surface area contributed by atoms with Gasteiger partial charge in [0.2, 0.25) is 5.88 Å². The number of nitrogens with zero attached hydrogens (tertiary/aromatic N) is 1. The Bertz CT molecular complexity index is 500. The summed E-state index contributed by atoms with van der Waals surface area (Å²) in [5.41, 5.74) is -0.200. The normalized spacial score (nSPS) is 20.5. The van der Waals surface area contributed by atoms with Crippen LogP contribution in [0.1, 0.15) is 27.7 Å². The second kappa shape index (κ2) is 5.40. The second-order valence-corrected chi connectivity index (χ2v) is 6.39. The van der Waals surface area contributed by atoms with E-state index in [9.17, 15) is 0 Å². The first-order valence-corrected chi connectivity index (χ1v) is 6.82. The van der Waals surface area contributed by atoms with E-state index in [1.807, 2.05) is 33.8 Å². The molecule has 2 heterocycles. The largest absolute Gasteiger partial charge is 0.500 e. The van der Waals surface area contributed by atoms with Crippen LogP contribution >= 0.6 is 0 Å². The lowest BCUT2D eigenvalue weighted by Gasteiger charge is -2.32. The molecule has 21 heavy (non-hydrogen) atoms. The molecule has 0 aromatic carbocycles. The molecule has 4 nitrogen and oxygen atoms in total. The maximum atomic E-state index is 5.99. The van der Waals surface area contributed by atoms with Crippen molar-refractivity contribution >= 4 is 36.1 Å².